The average molecular weight is 270 g/mol. The molecule has 0 bridgehead atoms. The lowest BCUT2D eigenvalue weighted by molar-refractivity contribution is -0.582. The van der Waals surface area contributed by atoms with Crippen molar-refractivity contribution in [3.05, 3.63) is 59.9 Å². The van der Waals surface area contributed by atoms with Crippen molar-refractivity contribution in [3.8, 4) is 5.75 Å². The third kappa shape index (κ3) is 3.73. The summed E-state index contributed by atoms with van der Waals surface area (Å²) in [4.78, 5) is 11.6. The molecular formula is C12H9Cl2NO2. The summed E-state index contributed by atoms with van der Waals surface area (Å²) in [5, 5.41) is 0.479. The summed E-state index contributed by atoms with van der Waals surface area (Å²) in [5.41, 5.74) is 0. The average Bonchev–Trinajstić information content (AvgIpc) is 2.30. The Morgan fingerprint density at radius 3 is 2.47 bits per heavy atom. The van der Waals surface area contributed by atoms with Gasteiger partial charge in [0.15, 0.2) is 6.20 Å². The molecule has 0 amide bonds. The molecule has 0 aliphatic heterocycles. The van der Waals surface area contributed by atoms with Crippen LogP contribution in [-0.2, 0) is 0 Å². The summed E-state index contributed by atoms with van der Waals surface area (Å²) in [7, 11) is 0. The number of carbonyl (C=O) groups excluding carboxylic acids is 1. The number of hydrogen-bond acceptors (Lipinski definition) is 2. The second-order valence-electron chi connectivity index (χ2n) is 3.11. The maximum atomic E-state index is 11.6. The van der Waals surface area contributed by atoms with Crippen LogP contribution in [0.1, 0.15) is 0 Å². The summed E-state index contributed by atoms with van der Waals surface area (Å²) in [5.74, 6) is 0.500. The molecule has 0 radical (unpaired) electrons. The van der Waals surface area contributed by atoms with Gasteiger partial charge in [-0.3, -0.25) is 0 Å². The van der Waals surface area contributed by atoms with E-state index in [0.29, 0.717) is 10.8 Å². The molecule has 88 valence electrons. The predicted octanol–water partition coefficient (Wildman–Crippen LogP) is -0.321. The van der Waals surface area contributed by atoms with Gasteiger partial charge in [-0.2, -0.15) is 4.79 Å². The van der Waals surface area contributed by atoms with Gasteiger partial charge in [0.05, 0.1) is 0 Å². The Labute approximate surface area is 110 Å². The van der Waals surface area contributed by atoms with Gasteiger partial charge >= 0.3 is 6.09 Å². The van der Waals surface area contributed by atoms with E-state index < -0.39 is 6.09 Å². The zero-order chi connectivity index (χ0) is 11.4. The molecule has 0 saturated heterocycles. The first kappa shape index (κ1) is 13.5. The van der Waals surface area contributed by atoms with Crippen LogP contribution in [0.5, 0.6) is 5.75 Å². The number of aromatic nitrogens is 1. The van der Waals surface area contributed by atoms with Crippen LogP contribution in [0.3, 0.4) is 0 Å². The number of hydrogen-bond donors (Lipinski definition) is 0. The van der Waals surface area contributed by atoms with E-state index in [-0.39, 0.29) is 12.4 Å². The minimum atomic E-state index is -0.492. The molecule has 0 fully saturated rings. The standard InChI is InChI=1S/C12H9ClNO2.ClH/c13-10-5-4-8-14(9-10)12(15)16-11-6-2-1-3-7-11;/h1-9H;1H/q+1;/p-1. The van der Waals surface area contributed by atoms with Gasteiger partial charge in [-0.1, -0.05) is 34.4 Å². The molecule has 2 aromatic rings. The van der Waals surface area contributed by atoms with Gasteiger partial charge in [-0.25, -0.2) is 0 Å². The summed E-state index contributed by atoms with van der Waals surface area (Å²) < 4.78 is 6.41. The Morgan fingerprint density at radius 1 is 1.12 bits per heavy atom. The highest BCUT2D eigenvalue weighted by Crippen LogP contribution is 2.08. The van der Waals surface area contributed by atoms with E-state index in [2.05, 4.69) is 0 Å². The minimum absolute atomic E-state index is 0. The summed E-state index contributed by atoms with van der Waals surface area (Å²) in [6.45, 7) is 0. The molecule has 17 heavy (non-hydrogen) atoms. The minimum Gasteiger partial charge on any atom is -1.00 e. The van der Waals surface area contributed by atoms with E-state index >= 15 is 0 Å². The van der Waals surface area contributed by atoms with Gasteiger partial charge in [-0.05, 0) is 18.2 Å². The lowest BCUT2D eigenvalue weighted by Gasteiger charge is -1.98. The first-order valence-corrected chi connectivity index (χ1v) is 5.07. The molecule has 5 heteroatoms. The monoisotopic (exact) mass is 269 g/mol. The van der Waals surface area contributed by atoms with Gasteiger partial charge in [-0.15, -0.1) is 0 Å². The molecule has 0 saturated carbocycles. The molecule has 0 N–H and O–H groups in total. The zero-order valence-corrected chi connectivity index (χ0v) is 10.2. The Balaban J connectivity index is 0.00000144. The van der Waals surface area contributed by atoms with Gasteiger partial charge in [0.2, 0.25) is 6.20 Å². The topological polar surface area (TPSA) is 30.2 Å². The number of carbonyl (C=O) groups is 1. The number of halogens is 2. The maximum absolute atomic E-state index is 11.6. The molecule has 1 heterocycles. The first-order chi connectivity index (χ1) is 7.75. The molecule has 0 atom stereocenters. The van der Waals surface area contributed by atoms with Crippen LogP contribution in [0, 0.1) is 0 Å². The Kier molecular flexibility index (Phi) is 4.94. The lowest BCUT2D eigenvalue weighted by atomic mass is 10.3. The fourth-order valence-electron chi connectivity index (χ4n) is 1.20. The normalized spacial score (nSPS) is 9.24. The fourth-order valence-corrected chi connectivity index (χ4v) is 1.38. The third-order valence-electron chi connectivity index (χ3n) is 1.92. The Morgan fingerprint density at radius 2 is 1.82 bits per heavy atom. The van der Waals surface area contributed by atoms with Crippen molar-refractivity contribution < 1.29 is 26.5 Å². The van der Waals surface area contributed by atoms with Gasteiger partial charge in [0.25, 0.3) is 0 Å². The predicted molar refractivity (Wildman–Crippen MR) is 59.5 cm³/mol. The number of pyridine rings is 1. The van der Waals surface area contributed by atoms with Crippen LogP contribution in [0.25, 0.3) is 0 Å². The quantitative estimate of drug-likeness (QED) is 0.665. The number of rotatable bonds is 1. The van der Waals surface area contributed by atoms with E-state index in [1.54, 1.807) is 42.6 Å². The van der Waals surface area contributed by atoms with Crippen LogP contribution < -0.4 is 21.7 Å². The molecule has 2 rings (SSSR count). The fraction of sp³-hybridized carbons (Fsp3) is 0. The summed E-state index contributed by atoms with van der Waals surface area (Å²) in [6, 6.07) is 12.2. The highest BCUT2D eigenvalue weighted by atomic mass is 35.5. The van der Waals surface area contributed by atoms with Crippen molar-refractivity contribution >= 4 is 17.7 Å². The van der Waals surface area contributed by atoms with Crippen LogP contribution in [0.4, 0.5) is 4.79 Å². The third-order valence-corrected chi connectivity index (χ3v) is 2.15. The molecule has 1 aromatic carbocycles. The van der Waals surface area contributed by atoms with Gasteiger partial charge in [0, 0.05) is 6.07 Å². The zero-order valence-electron chi connectivity index (χ0n) is 8.72. The van der Waals surface area contributed by atoms with Crippen molar-refractivity contribution in [1.29, 1.82) is 0 Å². The number of nitrogens with zero attached hydrogens (tertiary/aromatic N) is 1. The second kappa shape index (κ2) is 6.23. The van der Waals surface area contributed by atoms with E-state index in [1.807, 2.05) is 6.07 Å². The molecule has 0 aliphatic rings. The number of para-hydroxylation sites is 1. The maximum Gasteiger partial charge on any atom is 0.607 e. The van der Waals surface area contributed by atoms with E-state index in [4.69, 9.17) is 16.3 Å². The van der Waals surface area contributed by atoms with E-state index in [0.717, 1.165) is 0 Å². The van der Waals surface area contributed by atoms with Crippen molar-refractivity contribution in [3.63, 3.8) is 0 Å². The van der Waals surface area contributed by atoms with Gasteiger partial charge in [0.1, 0.15) is 10.8 Å². The molecule has 1 aromatic heterocycles. The molecule has 3 nitrogen and oxygen atoms in total. The molecule has 0 aliphatic carbocycles. The number of ether oxygens (including phenoxy) is 1. The highest BCUT2D eigenvalue weighted by Gasteiger charge is 2.17. The largest absolute Gasteiger partial charge is 1.00 e. The Hall–Kier alpha value is -1.58. The van der Waals surface area contributed by atoms with Crippen LogP contribution in [-0.4, -0.2) is 6.09 Å². The van der Waals surface area contributed by atoms with E-state index in [9.17, 15) is 4.79 Å². The highest BCUT2D eigenvalue weighted by molar-refractivity contribution is 6.30. The molecule has 0 unspecified atom stereocenters. The van der Waals surface area contributed by atoms with Gasteiger partial charge < -0.3 is 17.1 Å². The molecule has 0 spiro atoms. The van der Waals surface area contributed by atoms with E-state index in [1.165, 1.54) is 10.8 Å². The summed E-state index contributed by atoms with van der Waals surface area (Å²) in [6.07, 6.45) is 2.58. The van der Waals surface area contributed by atoms with Crippen LogP contribution >= 0.6 is 11.6 Å². The van der Waals surface area contributed by atoms with Crippen molar-refractivity contribution in [2.75, 3.05) is 0 Å². The van der Waals surface area contributed by atoms with Crippen molar-refractivity contribution in [2.45, 2.75) is 0 Å². The Bertz CT molecular complexity index is 503. The van der Waals surface area contributed by atoms with Crippen LogP contribution in [0.2, 0.25) is 5.02 Å². The van der Waals surface area contributed by atoms with Crippen molar-refractivity contribution in [1.82, 2.24) is 0 Å². The smallest absolute Gasteiger partial charge is 0.607 e. The molecular weight excluding hydrogens is 261 g/mol. The summed E-state index contributed by atoms with van der Waals surface area (Å²) >= 11 is 5.76. The first-order valence-electron chi connectivity index (χ1n) is 4.70. The number of benzene rings is 1. The van der Waals surface area contributed by atoms with Crippen LogP contribution in [0.15, 0.2) is 54.9 Å². The SMILES string of the molecule is O=C(Oc1ccccc1)[n+]1cccc(Cl)c1.[Cl-]. The second-order valence-corrected chi connectivity index (χ2v) is 3.55. The lowest BCUT2D eigenvalue weighted by Crippen LogP contribution is -3.00. The van der Waals surface area contributed by atoms with Crippen molar-refractivity contribution in [2.24, 2.45) is 0 Å².